The number of hydrogen-bond acceptors (Lipinski definition) is 8. The summed E-state index contributed by atoms with van der Waals surface area (Å²) in [6.07, 6.45) is 1.96. The van der Waals surface area contributed by atoms with Gasteiger partial charge in [0.25, 0.3) is 0 Å². The van der Waals surface area contributed by atoms with Gasteiger partial charge >= 0.3 is 5.56 Å². The number of morpholine rings is 1. The van der Waals surface area contributed by atoms with Gasteiger partial charge in [-0.2, -0.15) is 4.98 Å². The molecule has 1 saturated heterocycles. The molecule has 1 N–H and O–H groups in total. The zero-order valence-electron chi connectivity index (χ0n) is 16.7. The fourth-order valence-electron chi connectivity index (χ4n) is 3.53. The van der Waals surface area contributed by atoms with Crippen molar-refractivity contribution in [1.29, 1.82) is 0 Å². The molecule has 0 unspecified atom stereocenters. The monoisotopic (exact) mass is 473 g/mol. The maximum absolute atomic E-state index is 12.8. The lowest BCUT2D eigenvalue weighted by atomic mass is 10.1. The highest BCUT2D eigenvalue weighted by molar-refractivity contribution is 6.42. The molecule has 4 aromatic rings. The smallest absolute Gasteiger partial charge is 0.300 e. The van der Waals surface area contributed by atoms with Crippen LogP contribution in [0, 0.1) is 0 Å². The number of aromatic hydroxyl groups is 1. The van der Waals surface area contributed by atoms with E-state index >= 15 is 0 Å². The molecule has 5 rings (SSSR count). The third-order valence-electron chi connectivity index (χ3n) is 5.18. The zero-order valence-corrected chi connectivity index (χ0v) is 18.2. The summed E-state index contributed by atoms with van der Waals surface area (Å²) >= 11 is 12.0. The second kappa shape index (κ2) is 8.42. The first-order chi connectivity index (χ1) is 15.5. The van der Waals surface area contributed by atoms with Crippen LogP contribution in [-0.2, 0) is 11.2 Å². The number of pyridine rings is 1. The largest absolute Gasteiger partial charge is 0.501 e. The molecule has 0 radical (unpaired) electrons. The molecule has 1 fully saturated rings. The Morgan fingerprint density at radius 3 is 2.66 bits per heavy atom. The summed E-state index contributed by atoms with van der Waals surface area (Å²) in [6, 6.07) is 8.77. The SMILES string of the molecule is O=c1c(O)c(-c2noc(Cc3ccc(Cl)c(Cl)c3)n2)nc2ccc(N3CCOCC3)cn12. The molecule has 0 spiro atoms. The Morgan fingerprint density at radius 2 is 1.88 bits per heavy atom. The number of ether oxygens (including phenoxy) is 1. The van der Waals surface area contributed by atoms with Crippen molar-refractivity contribution in [3.8, 4) is 17.3 Å². The lowest BCUT2D eigenvalue weighted by Gasteiger charge is -2.28. The fourth-order valence-corrected chi connectivity index (χ4v) is 3.85. The summed E-state index contributed by atoms with van der Waals surface area (Å²) in [5.74, 6) is -0.250. The predicted molar refractivity (Wildman–Crippen MR) is 119 cm³/mol. The average molecular weight is 474 g/mol. The number of rotatable bonds is 4. The van der Waals surface area contributed by atoms with Crippen LogP contribution in [0.4, 0.5) is 5.69 Å². The first-order valence-corrected chi connectivity index (χ1v) is 10.6. The Balaban J connectivity index is 1.47. The molecule has 32 heavy (non-hydrogen) atoms. The van der Waals surface area contributed by atoms with Crippen LogP contribution in [-0.4, -0.2) is 50.9 Å². The van der Waals surface area contributed by atoms with Crippen LogP contribution in [0.2, 0.25) is 10.0 Å². The molecule has 0 bridgehead atoms. The highest BCUT2D eigenvalue weighted by atomic mass is 35.5. The molecular weight excluding hydrogens is 457 g/mol. The van der Waals surface area contributed by atoms with Gasteiger partial charge in [0, 0.05) is 19.3 Å². The molecule has 0 aliphatic carbocycles. The Bertz CT molecular complexity index is 1360. The minimum atomic E-state index is -0.615. The van der Waals surface area contributed by atoms with Gasteiger partial charge in [-0.05, 0) is 29.8 Å². The highest BCUT2D eigenvalue weighted by Gasteiger charge is 2.20. The maximum atomic E-state index is 12.8. The molecular formula is C21H17Cl2N5O4. The van der Waals surface area contributed by atoms with E-state index in [0.29, 0.717) is 35.3 Å². The van der Waals surface area contributed by atoms with E-state index in [0.717, 1.165) is 24.3 Å². The minimum absolute atomic E-state index is 0.0226. The minimum Gasteiger partial charge on any atom is -0.501 e. The Hall–Kier alpha value is -3.14. The zero-order chi connectivity index (χ0) is 22.2. The van der Waals surface area contributed by atoms with Crippen LogP contribution in [0.1, 0.15) is 11.5 Å². The number of nitrogens with zero attached hydrogens (tertiary/aromatic N) is 5. The number of halogens is 2. The van der Waals surface area contributed by atoms with Gasteiger partial charge in [-0.15, -0.1) is 0 Å². The molecule has 0 amide bonds. The van der Waals surface area contributed by atoms with Crippen LogP contribution in [0.25, 0.3) is 17.2 Å². The van der Waals surface area contributed by atoms with Gasteiger partial charge < -0.3 is 19.3 Å². The topological polar surface area (TPSA) is 106 Å². The summed E-state index contributed by atoms with van der Waals surface area (Å²) in [4.78, 5) is 23.6. The number of hydrogen-bond donors (Lipinski definition) is 1. The molecule has 0 saturated carbocycles. The average Bonchev–Trinajstić information content (AvgIpc) is 3.27. The Labute approximate surface area is 191 Å². The van der Waals surface area contributed by atoms with Crippen molar-refractivity contribution >= 4 is 34.5 Å². The van der Waals surface area contributed by atoms with Gasteiger partial charge in [0.2, 0.25) is 17.5 Å². The van der Waals surface area contributed by atoms with Crippen molar-refractivity contribution in [1.82, 2.24) is 19.5 Å². The van der Waals surface area contributed by atoms with E-state index in [2.05, 4.69) is 20.0 Å². The second-order valence-corrected chi connectivity index (χ2v) is 8.08. The molecule has 1 aliphatic rings. The van der Waals surface area contributed by atoms with Gasteiger partial charge in [-0.25, -0.2) is 4.98 Å². The molecule has 0 atom stereocenters. The molecule has 4 heterocycles. The van der Waals surface area contributed by atoms with Crippen molar-refractivity contribution in [3.63, 3.8) is 0 Å². The number of benzene rings is 1. The summed E-state index contributed by atoms with van der Waals surface area (Å²) in [5.41, 5.74) is 1.37. The number of aromatic nitrogens is 4. The van der Waals surface area contributed by atoms with Crippen LogP contribution in [0.3, 0.4) is 0 Å². The van der Waals surface area contributed by atoms with E-state index in [-0.39, 0.29) is 17.4 Å². The first-order valence-electron chi connectivity index (χ1n) is 9.84. The van der Waals surface area contributed by atoms with E-state index in [1.807, 2.05) is 6.07 Å². The van der Waals surface area contributed by atoms with Crippen molar-refractivity contribution in [3.05, 3.63) is 68.4 Å². The predicted octanol–water partition coefficient (Wildman–Crippen LogP) is 3.18. The first kappa shape index (κ1) is 20.7. The third-order valence-corrected chi connectivity index (χ3v) is 5.92. The van der Waals surface area contributed by atoms with Gasteiger partial charge in [0.15, 0.2) is 5.69 Å². The van der Waals surface area contributed by atoms with Gasteiger partial charge in [-0.1, -0.05) is 34.4 Å². The molecule has 1 aliphatic heterocycles. The summed E-state index contributed by atoms with van der Waals surface area (Å²) in [6.45, 7) is 2.69. The van der Waals surface area contributed by atoms with E-state index < -0.39 is 11.3 Å². The van der Waals surface area contributed by atoms with Crippen LogP contribution < -0.4 is 10.5 Å². The van der Waals surface area contributed by atoms with Crippen molar-refractivity contribution in [2.75, 3.05) is 31.2 Å². The van der Waals surface area contributed by atoms with Crippen LogP contribution in [0.15, 0.2) is 45.8 Å². The van der Waals surface area contributed by atoms with Gasteiger partial charge in [0.1, 0.15) is 5.65 Å². The molecule has 164 valence electrons. The maximum Gasteiger partial charge on any atom is 0.300 e. The highest BCUT2D eigenvalue weighted by Crippen LogP contribution is 2.26. The molecule has 3 aromatic heterocycles. The summed E-state index contributed by atoms with van der Waals surface area (Å²) in [7, 11) is 0. The van der Waals surface area contributed by atoms with E-state index in [1.54, 1.807) is 30.5 Å². The van der Waals surface area contributed by atoms with E-state index in [9.17, 15) is 9.90 Å². The lowest BCUT2D eigenvalue weighted by Crippen LogP contribution is -2.36. The number of anilines is 1. The van der Waals surface area contributed by atoms with Crippen molar-refractivity contribution in [2.24, 2.45) is 0 Å². The second-order valence-electron chi connectivity index (χ2n) is 7.27. The molecule has 9 nitrogen and oxygen atoms in total. The lowest BCUT2D eigenvalue weighted by molar-refractivity contribution is 0.122. The van der Waals surface area contributed by atoms with E-state index in [1.165, 1.54) is 4.40 Å². The standard InChI is InChI=1S/C21H17Cl2N5O4/c22-14-3-1-12(9-15(14)23)10-17-25-20(26-32-17)18-19(29)21(30)28-11-13(2-4-16(28)24-18)27-5-7-31-8-6-27/h1-4,9,11,29H,5-8,10H2. The van der Waals surface area contributed by atoms with Crippen LogP contribution >= 0.6 is 23.2 Å². The molecule has 11 heteroatoms. The van der Waals surface area contributed by atoms with Crippen LogP contribution in [0.5, 0.6) is 5.75 Å². The van der Waals surface area contributed by atoms with Crippen molar-refractivity contribution < 1.29 is 14.4 Å². The van der Waals surface area contributed by atoms with E-state index in [4.69, 9.17) is 32.5 Å². The van der Waals surface area contributed by atoms with Gasteiger partial charge in [-0.3, -0.25) is 9.20 Å². The number of fused-ring (bicyclic) bond motifs is 1. The Morgan fingerprint density at radius 1 is 1.06 bits per heavy atom. The van der Waals surface area contributed by atoms with Gasteiger partial charge in [0.05, 0.1) is 35.4 Å². The molecule has 1 aromatic carbocycles. The summed E-state index contributed by atoms with van der Waals surface area (Å²) in [5, 5.41) is 15.3. The third kappa shape index (κ3) is 3.90. The summed E-state index contributed by atoms with van der Waals surface area (Å²) < 4.78 is 12.0. The Kier molecular flexibility index (Phi) is 5.46. The fraction of sp³-hybridized carbons (Fsp3) is 0.238. The normalized spacial score (nSPS) is 14.2. The van der Waals surface area contributed by atoms with Crippen molar-refractivity contribution in [2.45, 2.75) is 6.42 Å². The quantitative estimate of drug-likeness (QED) is 0.481.